The number of anilines is 1. The largest absolute Gasteiger partial charge is 0.423 e. The summed E-state index contributed by atoms with van der Waals surface area (Å²) in [7, 11) is 0. The maximum atomic E-state index is 5.75. The third-order valence-corrected chi connectivity index (χ3v) is 3.05. The van der Waals surface area contributed by atoms with Crippen LogP contribution in [0.1, 0.15) is 25.2 Å². The number of benzene rings is 1. The van der Waals surface area contributed by atoms with Crippen molar-refractivity contribution in [1.82, 2.24) is 15.2 Å². The van der Waals surface area contributed by atoms with Crippen LogP contribution in [0.4, 0.5) is 5.69 Å². The van der Waals surface area contributed by atoms with Crippen LogP contribution in [-0.4, -0.2) is 15.2 Å². The first kappa shape index (κ1) is 13.7. The summed E-state index contributed by atoms with van der Waals surface area (Å²) in [6.07, 6.45) is 1.61. The molecule has 0 aliphatic carbocycles. The molecule has 1 heterocycles. The Balaban J connectivity index is 2.28. The summed E-state index contributed by atoms with van der Waals surface area (Å²) in [5.74, 6) is 0.583. The van der Waals surface area contributed by atoms with Crippen LogP contribution in [0.2, 0.25) is 0 Å². The quantitative estimate of drug-likeness (QED) is 0.875. The lowest BCUT2D eigenvalue weighted by Gasteiger charge is -2.07. The monoisotopic (exact) mass is 322 g/mol. The van der Waals surface area contributed by atoms with Crippen molar-refractivity contribution < 1.29 is 4.74 Å². The third-order valence-electron chi connectivity index (χ3n) is 2.59. The zero-order valence-corrected chi connectivity index (χ0v) is 12.4. The van der Waals surface area contributed by atoms with Gasteiger partial charge in [0, 0.05) is 16.2 Å². The maximum Gasteiger partial charge on any atom is 0.341 e. The molecule has 0 amide bonds. The lowest BCUT2D eigenvalue weighted by molar-refractivity contribution is 0.428. The highest BCUT2D eigenvalue weighted by Gasteiger charge is 2.08. The molecule has 0 spiro atoms. The van der Waals surface area contributed by atoms with Gasteiger partial charge in [-0.2, -0.15) is 4.98 Å². The molecular weight excluding hydrogens is 308 g/mol. The van der Waals surface area contributed by atoms with Crippen LogP contribution in [-0.2, 0) is 12.8 Å². The number of aromatic nitrogens is 3. The topological polar surface area (TPSA) is 73.9 Å². The van der Waals surface area contributed by atoms with Crippen molar-refractivity contribution >= 4 is 21.6 Å². The minimum Gasteiger partial charge on any atom is -0.423 e. The van der Waals surface area contributed by atoms with Gasteiger partial charge in [-0.3, -0.25) is 0 Å². The summed E-state index contributed by atoms with van der Waals surface area (Å²) in [6.45, 7) is 4.06. The van der Waals surface area contributed by atoms with E-state index in [0.29, 0.717) is 11.4 Å². The molecule has 0 atom stereocenters. The second-order valence-electron chi connectivity index (χ2n) is 4.02. The lowest BCUT2D eigenvalue weighted by Crippen LogP contribution is -2.04. The molecule has 0 radical (unpaired) electrons. The van der Waals surface area contributed by atoms with E-state index in [-0.39, 0.29) is 6.01 Å². The van der Waals surface area contributed by atoms with Crippen molar-refractivity contribution in [2.24, 2.45) is 0 Å². The first-order chi connectivity index (χ1) is 9.12. The standard InChI is InChI=1S/C13H15BrN4O/c1-3-11-12(4-2)17-18-13(16-11)19-10-6-8(14)5-9(15)7-10/h5-7H,3-4,15H2,1-2H3. The number of nitrogens with zero attached hydrogens (tertiary/aromatic N) is 3. The number of nitrogens with two attached hydrogens (primary N) is 1. The number of rotatable bonds is 4. The molecule has 2 aromatic rings. The smallest absolute Gasteiger partial charge is 0.341 e. The van der Waals surface area contributed by atoms with Gasteiger partial charge in [-0.15, -0.1) is 5.10 Å². The molecule has 0 bridgehead atoms. The zero-order chi connectivity index (χ0) is 13.8. The molecule has 0 fully saturated rings. The maximum absolute atomic E-state index is 5.75. The predicted molar refractivity (Wildman–Crippen MR) is 77.2 cm³/mol. The molecule has 1 aromatic carbocycles. The van der Waals surface area contributed by atoms with Gasteiger partial charge in [-0.25, -0.2) is 0 Å². The minimum absolute atomic E-state index is 0.242. The van der Waals surface area contributed by atoms with Crippen LogP contribution in [0.5, 0.6) is 11.8 Å². The summed E-state index contributed by atoms with van der Waals surface area (Å²) >= 11 is 3.36. The molecule has 19 heavy (non-hydrogen) atoms. The Bertz CT molecular complexity index is 569. The first-order valence-corrected chi connectivity index (χ1v) is 6.88. The molecule has 0 aliphatic heterocycles. The van der Waals surface area contributed by atoms with Crippen LogP contribution in [0.3, 0.4) is 0 Å². The summed E-state index contributed by atoms with van der Waals surface area (Å²) in [5, 5.41) is 8.10. The van der Waals surface area contributed by atoms with E-state index in [2.05, 4.69) is 31.1 Å². The molecule has 6 heteroatoms. The molecule has 0 saturated carbocycles. The van der Waals surface area contributed by atoms with E-state index in [1.165, 1.54) is 0 Å². The van der Waals surface area contributed by atoms with Crippen LogP contribution in [0.15, 0.2) is 22.7 Å². The van der Waals surface area contributed by atoms with Crippen molar-refractivity contribution in [3.05, 3.63) is 34.1 Å². The average molecular weight is 323 g/mol. The molecule has 100 valence electrons. The van der Waals surface area contributed by atoms with E-state index < -0.39 is 0 Å². The fraction of sp³-hybridized carbons (Fsp3) is 0.308. The average Bonchev–Trinajstić information content (AvgIpc) is 2.37. The lowest BCUT2D eigenvalue weighted by atomic mass is 10.2. The van der Waals surface area contributed by atoms with Gasteiger partial charge in [-0.05, 0) is 25.0 Å². The fourth-order valence-corrected chi connectivity index (χ4v) is 2.20. The Hall–Kier alpha value is -1.69. The van der Waals surface area contributed by atoms with Gasteiger partial charge in [0.2, 0.25) is 0 Å². The van der Waals surface area contributed by atoms with Crippen molar-refractivity contribution in [3.8, 4) is 11.8 Å². The van der Waals surface area contributed by atoms with E-state index in [4.69, 9.17) is 10.5 Å². The highest BCUT2D eigenvalue weighted by Crippen LogP contribution is 2.25. The van der Waals surface area contributed by atoms with E-state index in [1.807, 2.05) is 13.8 Å². The van der Waals surface area contributed by atoms with Crippen LogP contribution < -0.4 is 10.5 Å². The highest BCUT2D eigenvalue weighted by atomic mass is 79.9. The first-order valence-electron chi connectivity index (χ1n) is 6.08. The second-order valence-corrected chi connectivity index (χ2v) is 4.93. The number of aryl methyl sites for hydroxylation is 2. The number of halogens is 1. The fourth-order valence-electron chi connectivity index (χ4n) is 1.71. The summed E-state index contributed by atoms with van der Waals surface area (Å²) in [4.78, 5) is 4.36. The van der Waals surface area contributed by atoms with Gasteiger partial charge in [0.05, 0.1) is 11.4 Å². The SMILES string of the molecule is CCc1nnc(Oc2cc(N)cc(Br)c2)nc1CC. The van der Waals surface area contributed by atoms with Gasteiger partial charge in [0.1, 0.15) is 5.75 Å². The van der Waals surface area contributed by atoms with Crippen LogP contribution in [0.25, 0.3) is 0 Å². The summed E-state index contributed by atoms with van der Waals surface area (Å²) in [6, 6.07) is 5.56. The number of hydrogen-bond donors (Lipinski definition) is 1. The van der Waals surface area contributed by atoms with E-state index in [0.717, 1.165) is 28.7 Å². The van der Waals surface area contributed by atoms with Gasteiger partial charge in [0.25, 0.3) is 0 Å². The van der Waals surface area contributed by atoms with Crippen molar-refractivity contribution in [2.45, 2.75) is 26.7 Å². The molecular formula is C13H15BrN4O. The predicted octanol–water partition coefficient (Wildman–Crippen LogP) is 3.13. The third kappa shape index (κ3) is 3.41. The Labute approximate surface area is 120 Å². The molecule has 2 N–H and O–H groups in total. The second kappa shape index (κ2) is 5.97. The normalized spacial score (nSPS) is 10.5. The minimum atomic E-state index is 0.242. The number of nitrogen functional groups attached to an aromatic ring is 1. The van der Waals surface area contributed by atoms with Gasteiger partial charge in [-0.1, -0.05) is 34.9 Å². The number of hydrogen-bond acceptors (Lipinski definition) is 5. The summed E-state index contributed by atoms with van der Waals surface area (Å²) in [5.41, 5.74) is 8.18. The van der Waals surface area contributed by atoms with Gasteiger partial charge < -0.3 is 10.5 Å². The number of ether oxygens (including phenoxy) is 1. The van der Waals surface area contributed by atoms with E-state index >= 15 is 0 Å². The molecule has 2 rings (SSSR count). The van der Waals surface area contributed by atoms with Gasteiger partial charge in [0.15, 0.2) is 0 Å². The zero-order valence-electron chi connectivity index (χ0n) is 10.9. The Morgan fingerprint density at radius 3 is 2.47 bits per heavy atom. The molecule has 0 aliphatic rings. The van der Waals surface area contributed by atoms with E-state index in [9.17, 15) is 0 Å². The molecule has 0 saturated heterocycles. The van der Waals surface area contributed by atoms with Crippen molar-refractivity contribution in [1.29, 1.82) is 0 Å². The molecule has 5 nitrogen and oxygen atoms in total. The van der Waals surface area contributed by atoms with Crippen LogP contribution in [0, 0.1) is 0 Å². The molecule has 0 unspecified atom stereocenters. The summed E-state index contributed by atoms with van der Waals surface area (Å²) < 4.78 is 6.43. The Morgan fingerprint density at radius 1 is 1.11 bits per heavy atom. The Kier molecular flexibility index (Phi) is 4.31. The van der Waals surface area contributed by atoms with Crippen molar-refractivity contribution in [2.75, 3.05) is 5.73 Å². The highest BCUT2D eigenvalue weighted by molar-refractivity contribution is 9.10. The van der Waals surface area contributed by atoms with Crippen LogP contribution >= 0.6 is 15.9 Å². The van der Waals surface area contributed by atoms with Crippen molar-refractivity contribution in [3.63, 3.8) is 0 Å². The van der Waals surface area contributed by atoms with E-state index in [1.54, 1.807) is 18.2 Å². The molecule has 1 aromatic heterocycles. The van der Waals surface area contributed by atoms with Gasteiger partial charge >= 0.3 is 6.01 Å². The Morgan fingerprint density at radius 2 is 1.84 bits per heavy atom.